The monoisotopic (exact) mass is 714 g/mol. The van der Waals surface area contributed by atoms with E-state index in [4.69, 9.17) is 0 Å². The normalized spacial score (nSPS) is 14.2. The van der Waals surface area contributed by atoms with Gasteiger partial charge in [0.25, 0.3) is 0 Å². The summed E-state index contributed by atoms with van der Waals surface area (Å²) in [6.45, 7) is 11.3. The Morgan fingerprint density at radius 2 is 0.810 bits per heavy atom. The second-order valence-corrected chi connectivity index (χ2v) is 12.2. The smallest absolute Gasteiger partial charge is 0.0376 e. The van der Waals surface area contributed by atoms with Gasteiger partial charge in [-0.25, -0.2) is 0 Å². The van der Waals surface area contributed by atoms with E-state index in [-0.39, 0.29) is 34.0 Å². The summed E-state index contributed by atoms with van der Waals surface area (Å²) >= 11 is 0. The lowest BCUT2D eigenvalue weighted by Crippen LogP contribution is -2.24. The minimum atomic E-state index is 0. The quantitative estimate of drug-likeness (QED) is 0.0829. The van der Waals surface area contributed by atoms with Crippen LogP contribution in [0.1, 0.15) is 142 Å². The van der Waals surface area contributed by atoms with Gasteiger partial charge in [-0.3, -0.25) is 0 Å². The molecule has 0 spiro atoms. The molecule has 0 saturated heterocycles. The van der Waals surface area contributed by atoms with E-state index < -0.39 is 0 Å². The highest BCUT2D eigenvalue weighted by Crippen LogP contribution is 2.14. The van der Waals surface area contributed by atoms with Crippen LogP contribution in [-0.4, -0.2) is 49.1 Å². The fourth-order valence-electron chi connectivity index (χ4n) is 5.62. The molecule has 2 rings (SSSR count). The van der Waals surface area contributed by atoms with Gasteiger partial charge >= 0.3 is 0 Å². The van der Waals surface area contributed by atoms with Crippen molar-refractivity contribution in [2.75, 3.05) is 39.3 Å². The zero-order valence-corrected chi connectivity index (χ0v) is 31.0. The van der Waals surface area contributed by atoms with Crippen molar-refractivity contribution in [2.45, 2.75) is 142 Å². The van der Waals surface area contributed by atoms with Crippen LogP contribution in [0.25, 0.3) is 0 Å². The molecule has 246 valence electrons. The van der Waals surface area contributed by atoms with E-state index in [9.17, 15) is 0 Å². The number of hydrogen-bond acceptors (Lipinski definition) is 4. The fraction of sp³-hybridized carbons (Fsp3) is 0.778. The number of hydrogen-bond donors (Lipinski definition) is 2. The van der Waals surface area contributed by atoms with Crippen LogP contribution in [0.2, 0.25) is 0 Å². The molecular weight excluding hydrogens is 648 g/mol. The highest BCUT2D eigenvalue weighted by atomic mass is 79.9. The molecule has 4 nitrogen and oxygen atoms in total. The Labute approximate surface area is 282 Å². The maximum absolute atomic E-state index is 3.58. The zero-order valence-electron chi connectivity index (χ0n) is 27.6. The van der Waals surface area contributed by atoms with Crippen molar-refractivity contribution in [3.63, 3.8) is 0 Å². The molecule has 0 aromatic carbocycles. The molecule has 6 heteroatoms. The highest BCUT2D eigenvalue weighted by molar-refractivity contribution is 8.93. The van der Waals surface area contributed by atoms with Gasteiger partial charge in [0.2, 0.25) is 0 Å². The zero-order chi connectivity index (χ0) is 28.4. The van der Waals surface area contributed by atoms with Crippen molar-refractivity contribution in [3.05, 3.63) is 48.1 Å². The number of unbranched alkanes of at least 4 members (excludes halogenated alkanes) is 17. The molecule has 0 aromatic heterocycles. The number of halogens is 2. The van der Waals surface area contributed by atoms with Gasteiger partial charge in [0.15, 0.2) is 0 Å². The molecule has 0 aliphatic carbocycles. The van der Waals surface area contributed by atoms with E-state index in [1.165, 1.54) is 153 Å². The first-order valence-corrected chi connectivity index (χ1v) is 17.5. The van der Waals surface area contributed by atoms with Crippen LogP contribution < -0.4 is 10.6 Å². The van der Waals surface area contributed by atoms with Crippen molar-refractivity contribution >= 4 is 34.0 Å². The summed E-state index contributed by atoms with van der Waals surface area (Å²) in [5.41, 5.74) is 2.63. The van der Waals surface area contributed by atoms with Gasteiger partial charge in [-0.05, 0) is 50.0 Å². The summed E-state index contributed by atoms with van der Waals surface area (Å²) in [4.78, 5) is 4.93. The van der Waals surface area contributed by atoms with Crippen LogP contribution >= 0.6 is 34.0 Å². The molecule has 0 radical (unpaired) electrons. The molecule has 2 aliphatic heterocycles. The molecule has 42 heavy (non-hydrogen) atoms. The Balaban J connectivity index is 0.00000840. The minimum absolute atomic E-state index is 0. The summed E-state index contributed by atoms with van der Waals surface area (Å²) < 4.78 is 0. The third kappa shape index (κ3) is 22.6. The average Bonchev–Trinajstić information content (AvgIpc) is 2.98. The fourth-order valence-corrected chi connectivity index (χ4v) is 5.62. The molecule has 0 unspecified atom stereocenters. The van der Waals surface area contributed by atoms with E-state index >= 15 is 0 Å². The predicted octanol–water partition coefficient (Wildman–Crippen LogP) is 10.6. The van der Waals surface area contributed by atoms with Crippen LogP contribution in [0.15, 0.2) is 48.1 Å². The SMILES string of the molecule is Br.Br.CCCCCCNC1=CCN(CCCCCCCCCCCCCCN2C=CC(NCCCCCC)=CC2)C=C1. The largest absolute Gasteiger partial charge is 0.385 e. The van der Waals surface area contributed by atoms with Gasteiger partial charge in [0, 0.05) is 63.1 Å². The van der Waals surface area contributed by atoms with Crippen molar-refractivity contribution < 1.29 is 0 Å². The van der Waals surface area contributed by atoms with Gasteiger partial charge in [-0.1, -0.05) is 117 Å². The molecule has 2 aliphatic rings. The lowest BCUT2D eigenvalue weighted by molar-refractivity contribution is 0.387. The number of nitrogens with zero attached hydrogens (tertiary/aromatic N) is 2. The maximum Gasteiger partial charge on any atom is 0.0376 e. The third-order valence-electron chi connectivity index (χ3n) is 8.38. The Kier molecular flexibility index (Phi) is 29.5. The van der Waals surface area contributed by atoms with E-state index in [2.05, 4.69) is 71.0 Å². The number of allylic oxidation sites excluding steroid dienone is 2. The summed E-state index contributed by atoms with van der Waals surface area (Å²) in [5.74, 6) is 0. The molecular formula is C36H68Br2N4. The van der Waals surface area contributed by atoms with E-state index in [1.54, 1.807) is 0 Å². The second-order valence-electron chi connectivity index (χ2n) is 12.2. The summed E-state index contributed by atoms with van der Waals surface area (Å²) in [7, 11) is 0. The van der Waals surface area contributed by atoms with Crippen molar-refractivity contribution in [3.8, 4) is 0 Å². The first-order chi connectivity index (χ1) is 19.8. The van der Waals surface area contributed by atoms with Gasteiger partial charge < -0.3 is 20.4 Å². The molecule has 0 bridgehead atoms. The Hall–Kier alpha value is -0.880. The average molecular weight is 717 g/mol. The minimum Gasteiger partial charge on any atom is -0.385 e. The number of nitrogens with one attached hydrogen (secondary N) is 2. The van der Waals surface area contributed by atoms with Crippen molar-refractivity contribution in [2.24, 2.45) is 0 Å². The second kappa shape index (κ2) is 30.2. The molecule has 0 amide bonds. The summed E-state index contributed by atoms with van der Waals surface area (Å²) in [5, 5.41) is 7.16. The van der Waals surface area contributed by atoms with E-state index in [0.717, 1.165) is 26.2 Å². The van der Waals surface area contributed by atoms with E-state index in [0.29, 0.717) is 0 Å². The summed E-state index contributed by atoms with van der Waals surface area (Å²) in [6.07, 6.45) is 41.3. The maximum atomic E-state index is 3.58. The van der Waals surface area contributed by atoms with Crippen LogP contribution in [-0.2, 0) is 0 Å². The van der Waals surface area contributed by atoms with Gasteiger partial charge in [-0.15, -0.1) is 34.0 Å². The van der Waals surface area contributed by atoms with Crippen molar-refractivity contribution in [1.29, 1.82) is 0 Å². The van der Waals surface area contributed by atoms with Gasteiger partial charge in [0.1, 0.15) is 0 Å². The standard InChI is InChI=1S/C36H66N4.2BrH/c1-3-5-7-19-27-37-35-23-31-39(32-24-35)29-21-17-15-13-11-9-10-12-14-16-18-22-30-40-33-25-36(26-34-40)38-28-20-8-6-4-2;;/h23-26,31,33,37-38H,3-22,27-30,32,34H2,1-2H3;2*1H. The van der Waals surface area contributed by atoms with Crippen LogP contribution in [0, 0.1) is 0 Å². The Bertz CT molecular complexity index is 659. The molecule has 2 N–H and O–H groups in total. The molecule has 0 aromatic rings. The van der Waals surface area contributed by atoms with Crippen LogP contribution in [0.4, 0.5) is 0 Å². The lowest BCUT2D eigenvalue weighted by Gasteiger charge is -2.23. The first kappa shape index (κ1) is 41.1. The Morgan fingerprint density at radius 1 is 0.476 bits per heavy atom. The molecule has 0 atom stereocenters. The van der Waals surface area contributed by atoms with Crippen LogP contribution in [0.3, 0.4) is 0 Å². The van der Waals surface area contributed by atoms with Gasteiger partial charge in [0.05, 0.1) is 0 Å². The van der Waals surface area contributed by atoms with Crippen molar-refractivity contribution in [1.82, 2.24) is 20.4 Å². The highest BCUT2D eigenvalue weighted by Gasteiger charge is 2.05. The third-order valence-corrected chi connectivity index (χ3v) is 8.38. The van der Waals surface area contributed by atoms with Crippen LogP contribution in [0.5, 0.6) is 0 Å². The predicted molar refractivity (Wildman–Crippen MR) is 198 cm³/mol. The Morgan fingerprint density at radius 3 is 1.12 bits per heavy atom. The van der Waals surface area contributed by atoms with E-state index in [1.807, 2.05) is 0 Å². The number of rotatable bonds is 27. The molecule has 0 fully saturated rings. The molecule has 2 heterocycles. The first-order valence-electron chi connectivity index (χ1n) is 17.5. The topological polar surface area (TPSA) is 30.5 Å². The lowest BCUT2D eigenvalue weighted by atomic mass is 10.0. The molecule has 0 saturated carbocycles. The van der Waals surface area contributed by atoms with Gasteiger partial charge in [-0.2, -0.15) is 0 Å². The summed E-state index contributed by atoms with van der Waals surface area (Å²) in [6, 6.07) is 0.